The molecule has 0 fully saturated rings. The molecule has 0 radical (unpaired) electrons. The lowest BCUT2D eigenvalue weighted by Gasteiger charge is -2.09. The molecule has 2 aromatic carbocycles. The number of anilines is 1. The molecule has 2 N–H and O–H groups in total. The van der Waals surface area contributed by atoms with Crippen molar-refractivity contribution in [3.8, 4) is 23.3 Å². The van der Waals surface area contributed by atoms with Crippen LogP contribution in [0.25, 0.3) is 6.08 Å². The lowest BCUT2D eigenvalue weighted by Crippen LogP contribution is -2.14. The zero-order valence-electron chi connectivity index (χ0n) is 13.2. The van der Waals surface area contributed by atoms with Gasteiger partial charge in [0.05, 0.1) is 19.9 Å². The average Bonchev–Trinajstić information content (AvgIpc) is 2.60. The summed E-state index contributed by atoms with van der Waals surface area (Å²) in [7, 11) is 2.93. The van der Waals surface area contributed by atoms with Gasteiger partial charge in [-0.1, -0.05) is 18.2 Å². The Morgan fingerprint density at radius 2 is 1.88 bits per heavy atom. The molecule has 6 heteroatoms. The number of para-hydroxylation sites is 2. The first kappa shape index (κ1) is 16.9. The van der Waals surface area contributed by atoms with E-state index in [1.54, 1.807) is 36.4 Å². The van der Waals surface area contributed by atoms with Gasteiger partial charge in [-0.3, -0.25) is 4.79 Å². The number of phenolic OH excluding ortho intramolecular Hbond substituents is 1. The molecule has 0 aliphatic rings. The van der Waals surface area contributed by atoms with Crippen molar-refractivity contribution in [2.24, 2.45) is 0 Å². The Morgan fingerprint density at radius 1 is 1.17 bits per heavy atom. The van der Waals surface area contributed by atoms with Crippen LogP contribution in [-0.4, -0.2) is 25.2 Å². The van der Waals surface area contributed by atoms with Gasteiger partial charge in [-0.05, 0) is 35.9 Å². The first-order chi connectivity index (χ1) is 11.6. The van der Waals surface area contributed by atoms with E-state index >= 15 is 0 Å². The van der Waals surface area contributed by atoms with Crippen LogP contribution in [0.3, 0.4) is 0 Å². The molecule has 0 atom stereocenters. The molecular weight excluding hydrogens is 308 g/mol. The molecule has 0 bridgehead atoms. The van der Waals surface area contributed by atoms with Gasteiger partial charge in [-0.25, -0.2) is 0 Å². The standard InChI is InChI=1S/C18H16N2O4/c1-23-16-6-4-3-5-14(16)20-18(22)13(11-19)9-12-7-8-17(24-2)15(21)10-12/h3-10,21H,1-2H3,(H,20,22). The summed E-state index contributed by atoms with van der Waals surface area (Å²) in [6, 6.07) is 13.3. The molecular formula is C18H16N2O4. The Balaban J connectivity index is 2.26. The third-order valence-corrected chi connectivity index (χ3v) is 3.23. The lowest BCUT2D eigenvalue weighted by atomic mass is 10.1. The van der Waals surface area contributed by atoms with Gasteiger partial charge in [-0.15, -0.1) is 0 Å². The Bertz CT molecular complexity index is 822. The summed E-state index contributed by atoms with van der Waals surface area (Å²) in [6.07, 6.45) is 1.38. The first-order valence-corrected chi connectivity index (χ1v) is 7.02. The van der Waals surface area contributed by atoms with Crippen LogP contribution in [0, 0.1) is 11.3 Å². The molecule has 0 spiro atoms. The number of rotatable bonds is 5. The highest BCUT2D eigenvalue weighted by molar-refractivity contribution is 6.10. The smallest absolute Gasteiger partial charge is 0.266 e. The highest BCUT2D eigenvalue weighted by Crippen LogP contribution is 2.27. The van der Waals surface area contributed by atoms with Crippen LogP contribution in [0.5, 0.6) is 17.2 Å². The zero-order valence-corrected chi connectivity index (χ0v) is 13.2. The van der Waals surface area contributed by atoms with Crippen LogP contribution >= 0.6 is 0 Å². The molecule has 6 nitrogen and oxygen atoms in total. The largest absolute Gasteiger partial charge is 0.504 e. The zero-order chi connectivity index (χ0) is 17.5. The highest BCUT2D eigenvalue weighted by atomic mass is 16.5. The summed E-state index contributed by atoms with van der Waals surface area (Å²) in [6.45, 7) is 0. The summed E-state index contributed by atoms with van der Waals surface area (Å²) in [5.74, 6) is 0.153. The lowest BCUT2D eigenvalue weighted by molar-refractivity contribution is -0.112. The number of phenols is 1. The normalized spacial score (nSPS) is 10.6. The van der Waals surface area contributed by atoms with Gasteiger partial charge in [-0.2, -0.15) is 5.26 Å². The van der Waals surface area contributed by atoms with Crippen LogP contribution in [0.1, 0.15) is 5.56 Å². The minimum Gasteiger partial charge on any atom is -0.504 e. The number of carbonyl (C=O) groups excluding carboxylic acids is 1. The number of nitrogens with zero attached hydrogens (tertiary/aromatic N) is 1. The topological polar surface area (TPSA) is 91.6 Å². The SMILES string of the molecule is COc1ccc(C=C(C#N)C(=O)Nc2ccccc2OC)cc1O. The number of amides is 1. The average molecular weight is 324 g/mol. The van der Waals surface area contributed by atoms with E-state index in [1.165, 1.54) is 26.4 Å². The maximum absolute atomic E-state index is 12.3. The van der Waals surface area contributed by atoms with E-state index in [0.717, 1.165) is 0 Å². The van der Waals surface area contributed by atoms with Crippen LogP contribution in [0.15, 0.2) is 48.0 Å². The van der Waals surface area contributed by atoms with E-state index in [2.05, 4.69) is 5.32 Å². The van der Waals surface area contributed by atoms with E-state index in [9.17, 15) is 15.2 Å². The number of nitriles is 1. The maximum atomic E-state index is 12.3. The van der Waals surface area contributed by atoms with Crippen molar-refractivity contribution in [1.82, 2.24) is 0 Å². The fourth-order valence-corrected chi connectivity index (χ4v) is 2.05. The van der Waals surface area contributed by atoms with E-state index in [1.807, 2.05) is 6.07 Å². The number of carbonyl (C=O) groups is 1. The van der Waals surface area contributed by atoms with Crippen LogP contribution < -0.4 is 14.8 Å². The Morgan fingerprint density at radius 3 is 2.50 bits per heavy atom. The number of benzene rings is 2. The minimum atomic E-state index is -0.572. The Labute approximate surface area is 139 Å². The number of hydrogen-bond acceptors (Lipinski definition) is 5. The summed E-state index contributed by atoms with van der Waals surface area (Å²) >= 11 is 0. The molecule has 0 saturated carbocycles. The number of nitrogens with one attached hydrogen (secondary N) is 1. The molecule has 2 aromatic rings. The summed E-state index contributed by atoms with van der Waals surface area (Å²) < 4.78 is 10.1. The van der Waals surface area contributed by atoms with Crippen molar-refractivity contribution >= 4 is 17.7 Å². The fourth-order valence-electron chi connectivity index (χ4n) is 2.05. The van der Waals surface area contributed by atoms with Crippen molar-refractivity contribution in [3.63, 3.8) is 0 Å². The number of methoxy groups -OCH3 is 2. The molecule has 0 unspecified atom stereocenters. The van der Waals surface area contributed by atoms with Crippen molar-refractivity contribution in [3.05, 3.63) is 53.6 Å². The first-order valence-electron chi connectivity index (χ1n) is 7.02. The molecule has 0 aromatic heterocycles. The predicted molar refractivity (Wildman–Crippen MR) is 89.9 cm³/mol. The second kappa shape index (κ2) is 7.70. The van der Waals surface area contributed by atoms with Gasteiger partial charge < -0.3 is 19.9 Å². The molecule has 0 saturated heterocycles. The third-order valence-electron chi connectivity index (χ3n) is 3.23. The van der Waals surface area contributed by atoms with Gasteiger partial charge in [0, 0.05) is 0 Å². The van der Waals surface area contributed by atoms with Crippen LogP contribution in [0.4, 0.5) is 5.69 Å². The second-order valence-electron chi connectivity index (χ2n) is 4.76. The number of ether oxygens (including phenoxy) is 2. The van der Waals surface area contributed by atoms with Gasteiger partial charge >= 0.3 is 0 Å². The summed E-state index contributed by atoms with van der Waals surface area (Å²) in [5.41, 5.74) is 0.856. The monoisotopic (exact) mass is 324 g/mol. The molecule has 1 amide bonds. The molecule has 0 heterocycles. The maximum Gasteiger partial charge on any atom is 0.266 e. The van der Waals surface area contributed by atoms with Crippen molar-refractivity contribution in [2.75, 3.05) is 19.5 Å². The fraction of sp³-hybridized carbons (Fsp3) is 0.111. The summed E-state index contributed by atoms with van der Waals surface area (Å²) in [4.78, 5) is 12.3. The number of hydrogen-bond donors (Lipinski definition) is 2. The van der Waals surface area contributed by atoms with E-state index < -0.39 is 5.91 Å². The van der Waals surface area contributed by atoms with E-state index in [4.69, 9.17) is 9.47 Å². The molecule has 0 aliphatic carbocycles. The van der Waals surface area contributed by atoms with E-state index in [0.29, 0.717) is 22.7 Å². The van der Waals surface area contributed by atoms with E-state index in [-0.39, 0.29) is 11.3 Å². The van der Waals surface area contributed by atoms with Gasteiger partial charge in [0.1, 0.15) is 17.4 Å². The number of aromatic hydroxyl groups is 1. The van der Waals surface area contributed by atoms with Crippen molar-refractivity contribution in [1.29, 1.82) is 5.26 Å². The van der Waals surface area contributed by atoms with Crippen LogP contribution in [-0.2, 0) is 4.79 Å². The Hall–Kier alpha value is -3.46. The Kier molecular flexibility index (Phi) is 5.42. The highest BCUT2D eigenvalue weighted by Gasteiger charge is 2.12. The van der Waals surface area contributed by atoms with Gasteiger partial charge in [0.15, 0.2) is 11.5 Å². The second-order valence-corrected chi connectivity index (χ2v) is 4.76. The quantitative estimate of drug-likeness (QED) is 0.652. The van der Waals surface area contributed by atoms with Crippen LogP contribution in [0.2, 0.25) is 0 Å². The van der Waals surface area contributed by atoms with Gasteiger partial charge in [0.25, 0.3) is 5.91 Å². The van der Waals surface area contributed by atoms with Crippen molar-refractivity contribution in [2.45, 2.75) is 0 Å². The molecule has 24 heavy (non-hydrogen) atoms. The third kappa shape index (κ3) is 3.84. The minimum absolute atomic E-state index is 0.0753. The van der Waals surface area contributed by atoms with Crippen molar-refractivity contribution < 1.29 is 19.4 Å². The summed E-state index contributed by atoms with van der Waals surface area (Å²) in [5, 5.41) is 21.6. The van der Waals surface area contributed by atoms with Gasteiger partial charge in [0.2, 0.25) is 0 Å². The molecule has 0 aliphatic heterocycles. The molecule has 2 rings (SSSR count). The molecule has 122 valence electrons. The predicted octanol–water partition coefficient (Wildman–Crippen LogP) is 2.96.